The second-order valence-electron chi connectivity index (χ2n) is 12.0. The van der Waals surface area contributed by atoms with Crippen molar-refractivity contribution in [3.05, 3.63) is 45.2 Å². The molecule has 0 aliphatic heterocycles. The van der Waals surface area contributed by atoms with Crippen LogP contribution in [0.1, 0.15) is 87.9 Å². The number of hydrogen-bond acceptors (Lipinski definition) is 8. The van der Waals surface area contributed by atoms with Gasteiger partial charge in [-0.1, -0.05) is 41.5 Å². The van der Waals surface area contributed by atoms with Gasteiger partial charge in [-0.2, -0.15) is 0 Å². The predicted molar refractivity (Wildman–Crippen MR) is 135 cm³/mol. The van der Waals surface area contributed by atoms with E-state index in [0.717, 1.165) is 12.5 Å². The van der Waals surface area contributed by atoms with Crippen LogP contribution in [-0.2, 0) is 20.8 Å². The number of benzene rings is 1. The number of aromatic hydroxyl groups is 1. The molecule has 0 amide bonds. The number of allylic oxidation sites excluding steroid dienone is 1. The van der Waals surface area contributed by atoms with Crippen LogP contribution >= 0.6 is 0 Å². The molecule has 1 aromatic rings. The lowest BCUT2D eigenvalue weighted by atomic mass is 9.43. The van der Waals surface area contributed by atoms with E-state index in [-0.39, 0.29) is 41.4 Å². The first kappa shape index (κ1) is 26.8. The molecule has 1 unspecified atom stereocenters. The number of fused-ring (bicyclic) bond motifs is 3. The number of aliphatic hydroxyl groups excluding tert-OH is 2. The van der Waals surface area contributed by atoms with Gasteiger partial charge in [0.2, 0.25) is 5.78 Å². The lowest BCUT2D eigenvalue weighted by molar-refractivity contribution is -0.178. The molecule has 4 atom stereocenters. The van der Waals surface area contributed by atoms with Crippen molar-refractivity contribution in [2.45, 2.75) is 72.8 Å². The zero-order chi connectivity index (χ0) is 28.0. The highest BCUT2D eigenvalue weighted by Gasteiger charge is 2.72. The Kier molecular flexibility index (Phi) is 5.88. The summed E-state index contributed by atoms with van der Waals surface area (Å²) < 4.78 is 0. The molecule has 0 saturated heterocycles. The summed E-state index contributed by atoms with van der Waals surface area (Å²) in [6.45, 7) is 11.8. The van der Waals surface area contributed by atoms with Gasteiger partial charge in [-0.05, 0) is 48.8 Å². The lowest BCUT2D eigenvalue weighted by Gasteiger charge is -2.59. The van der Waals surface area contributed by atoms with E-state index in [1.807, 2.05) is 13.8 Å². The third-order valence-corrected chi connectivity index (χ3v) is 8.82. The van der Waals surface area contributed by atoms with Gasteiger partial charge < -0.3 is 20.4 Å². The molecule has 8 heteroatoms. The molecule has 0 bridgehead atoms. The number of phenols is 1. The number of ketones is 3. The van der Waals surface area contributed by atoms with Crippen LogP contribution in [0, 0.1) is 22.7 Å². The summed E-state index contributed by atoms with van der Waals surface area (Å²) in [7, 11) is 0. The monoisotopic (exact) mass is 510 g/mol. The summed E-state index contributed by atoms with van der Waals surface area (Å²) in [6.07, 6.45) is 0.676. The summed E-state index contributed by atoms with van der Waals surface area (Å²) in [6, 6.07) is 1.57. The Balaban J connectivity index is 2.13. The quantitative estimate of drug-likeness (QED) is 0.349. The Morgan fingerprint density at radius 2 is 1.70 bits per heavy atom. The SMILES string of the molecule is CC(=O)C1=C(O)[C@]2(O)C(=O)C3=C(O)c4c(O)c(C=O)cc(C(C)C)c4C[C@]3(C)C[C@]2(C)C(C(C)C)C1=O. The standard InChI is InChI=1S/C29H34O8/c1-12(2)16-8-15(10-30)22(32)19-17(16)9-27(6)11-28(7)20(13(3)4)23(33)18(14(5)31)25(35)29(28,37)26(36)21(27)24(19)34/h8,10,12-13,20,32,34-35,37H,9,11H2,1-7H3/t20?,27-,28-,29+/m1/s1. The maximum atomic E-state index is 14.2. The molecule has 37 heavy (non-hydrogen) atoms. The van der Waals surface area contributed by atoms with Crippen molar-refractivity contribution in [2.75, 3.05) is 0 Å². The summed E-state index contributed by atoms with van der Waals surface area (Å²) in [5, 5.41) is 45.6. The fourth-order valence-corrected chi connectivity index (χ4v) is 7.44. The number of hydrogen-bond donors (Lipinski definition) is 4. The molecule has 4 rings (SSSR count). The van der Waals surface area contributed by atoms with Crippen molar-refractivity contribution in [1.29, 1.82) is 0 Å². The van der Waals surface area contributed by atoms with Crippen LogP contribution in [0.25, 0.3) is 5.76 Å². The van der Waals surface area contributed by atoms with Gasteiger partial charge in [0.1, 0.15) is 22.8 Å². The largest absolute Gasteiger partial charge is 0.508 e. The summed E-state index contributed by atoms with van der Waals surface area (Å²) in [4.78, 5) is 51.9. The van der Waals surface area contributed by atoms with E-state index in [0.29, 0.717) is 11.8 Å². The molecule has 3 aliphatic rings. The Morgan fingerprint density at radius 1 is 1.11 bits per heavy atom. The summed E-state index contributed by atoms with van der Waals surface area (Å²) >= 11 is 0. The Hall–Kier alpha value is -3.26. The van der Waals surface area contributed by atoms with Crippen LogP contribution in [0.2, 0.25) is 0 Å². The maximum absolute atomic E-state index is 14.2. The summed E-state index contributed by atoms with van der Waals surface area (Å²) in [5.41, 5.74) is -4.86. The highest BCUT2D eigenvalue weighted by Crippen LogP contribution is 2.65. The molecule has 0 radical (unpaired) electrons. The number of aliphatic hydroxyl groups is 3. The van der Waals surface area contributed by atoms with E-state index in [2.05, 4.69) is 0 Å². The zero-order valence-electron chi connectivity index (χ0n) is 22.2. The first-order valence-electron chi connectivity index (χ1n) is 12.5. The van der Waals surface area contributed by atoms with Gasteiger partial charge >= 0.3 is 0 Å². The average molecular weight is 511 g/mol. The number of aldehydes is 1. The molecular weight excluding hydrogens is 476 g/mol. The average Bonchev–Trinajstić information content (AvgIpc) is 2.75. The Labute approximate surface area is 215 Å². The highest BCUT2D eigenvalue weighted by molar-refractivity contribution is 6.24. The lowest BCUT2D eigenvalue weighted by Crippen LogP contribution is -2.69. The summed E-state index contributed by atoms with van der Waals surface area (Å²) in [5.74, 6) is -5.90. The zero-order valence-corrected chi connectivity index (χ0v) is 22.2. The van der Waals surface area contributed by atoms with Gasteiger partial charge in [-0.15, -0.1) is 0 Å². The van der Waals surface area contributed by atoms with Gasteiger partial charge in [0.15, 0.2) is 23.5 Å². The minimum atomic E-state index is -2.66. The molecule has 198 valence electrons. The van der Waals surface area contributed by atoms with E-state index >= 15 is 0 Å². The Bertz CT molecular complexity index is 1350. The predicted octanol–water partition coefficient (Wildman–Crippen LogP) is 4.13. The maximum Gasteiger partial charge on any atom is 0.203 e. The van der Waals surface area contributed by atoms with E-state index in [4.69, 9.17) is 0 Å². The first-order chi connectivity index (χ1) is 17.0. The Morgan fingerprint density at radius 3 is 2.19 bits per heavy atom. The van der Waals surface area contributed by atoms with Gasteiger partial charge in [-0.25, -0.2) is 0 Å². The fraction of sp³-hybridized carbons (Fsp3) is 0.517. The van der Waals surface area contributed by atoms with E-state index in [1.54, 1.807) is 33.8 Å². The van der Waals surface area contributed by atoms with Crippen molar-refractivity contribution in [2.24, 2.45) is 22.7 Å². The van der Waals surface area contributed by atoms with Crippen molar-refractivity contribution in [3.8, 4) is 5.75 Å². The van der Waals surface area contributed by atoms with Crippen molar-refractivity contribution < 1.29 is 39.6 Å². The van der Waals surface area contributed by atoms with Gasteiger partial charge in [0.05, 0.1) is 11.1 Å². The molecule has 0 aromatic heterocycles. The molecule has 4 N–H and O–H groups in total. The van der Waals surface area contributed by atoms with Crippen LogP contribution in [0.5, 0.6) is 5.75 Å². The van der Waals surface area contributed by atoms with Crippen LogP contribution in [-0.4, -0.2) is 49.7 Å². The topological polar surface area (TPSA) is 149 Å². The second kappa shape index (κ2) is 8.12. The minimum absolute atomic E-state index is 0.0264. The number of carbonyl (C=O) groups excluding carboxylic acids is 4. The molecule has 1 aromatic carbocycles. The van der Waals surface area contributed by atoms with E-state index in [9.17, 15) is 39.6 Å². The van der Waals surface area contributed by atoms with Crippen LogP contribution in [0.15, 0.2) is 23.0 Å². The second-order valence-corrected chi connectivity index (χ2v) is 12.0. The van der Waals surface area contributed by atoms with Gasteiger partial charge in [0.25, 0.3) is 0 Å². The molecule has 0 spiro atoms. The highest BCUT2D eigenvalue weighted by atomic mass is 16.3. The minimum Gasteiger partial charge on any atom is -0.508 e. The fourth-order valence-electron chi connectivity index (χ4n) is 7.44. The van der Waals surface area contributed by atoms with Crippen LogP contribution < -0.4 is 0 Å². The van der Waals surface area contributed by atoms with E-state index < -0.39 is 62.5 Å². The molecular formula is C29H34O8. The third kappa shape index (κ3) is 3.17. The molecule has 8 nitrogen and oxygen atoms in total. The molecule has 1 saturated carbocycles. The first-order valence-corrected chi connectivity index (χ1v) is 12.5. The smallest absolute Gasteiger partial charge is 0.203 e. The third-order valence-electron chi connectivity index (χ3n) is 8.82. The van der Waals surface area contributed by atoms with Gasteiger partial charge in [-0.3, -0.25) is 19.2 Å². The van der Waals surface area contributed by atoms with Crippen LogP contribution in [0.4, 0.5) is 0 Å². The van der Waals surface area contributed by atoms with Crippen molar-refractivity contribution in [1.82, 2.24) is 0 Å². The molecule has 1 fully saturated rings. The van der Waals surface area contributed by atoms with Crippen molar-refractivity contribution in [3.63, 3.8) is 0 Å². The van der Waals surface area contributed by atoms with Gasteiger partial charge in [0, 0.05) is 22.3 Å². The number of rotatable bonds is 4. The molecule has 3 aliphatic carbocycles. The molecule has 0 heterocycles. The number of phenolic OH excluding ortho intramolecular Hbond substituents is 1. The van der Waals surface area contributed by atoms with E-state index in [1.165, 1.54) is 0 Å². The number of Topliss-reactive ketones (excluding diaryl/α,β-unsaturated/α-hetero) is 3. The van der Waals surface area contributed by atoms with Crippen molar-refractivity contribution >= 4 is 29.4 Å². The normalized spacial score (nSPS) is 31.5. The van der Waals surface area contributed by atoms with Crippen LogP contribution in [0.3, 0.4) is 0 Å². The number of carbonyl (C=O) groups is 4.